The molecule has 0 amide bonds. The van der Waals surface area contributed by atoms with Gasteiger partial charge in [0.25, 0.3) is 0 Å². The molecule has 1 aliphatic rings. The van der Waals surface area contributed by atoms with E-state index in [1.165, 1.54) is 5.56 Å². The molecule has 2 nitrogen and oxygen atoms in total. The van der Waals surface area contributed by atoms with E-state index in [4.69, 9.17) is 9.47 Å². The first-order valence-electron chi connectivity index (χ1n) is 5.49. The predicted octanol–water partition coefficient (Wildman–Crippen LogP) is 3.57. The van der Waals surface area contributed by atoms with Gasteiger partial charge in [-0.05, 0) is 38.5 Å². The Morgan fingerprint density at radius 3 is 2.47 bits per heavy atom. The molecular weight excluding hydrogens is 188 g/mol. The Balaban J connectivity index is 0.000000531. The van der Waals surface area contributed by atoms with Gasteiger partial charge in [-0.15, -0.1) is 0 Å². The monoisotopic (exact) mass is 208 g/mol. The lowest BCUT2D eigenvalue weighted by atomic mass is 10.1. The summed E-state index contributed by atoms with van der Waals surface area (Å²) in [5.41, 5.74) is 0.990. The molecule has 2 heteroatoms. The molecule has 1 aromatic carbocycles. The fourth-order valence-electron chi connectivity index (χ4n) is 1.39. The number of hydrogen-bond donors (Lipinski definition) is 0. The summed E-state index contributed by atoms with van der Waals surface area (Å²) in [4.78, 5) is 0. The number of rotatable bonds is 0. The maximum Gasteiger partial charge on any atom is 0.162 e. The van der Waals surface area contributed by atoms with Crippen LogP contribution in [0, 0.1) is 6.92 Å². The molecule has 1 aliphatic heterocycles. The van der Waals surface area contributed by atoms with E-state index in [1.807, 2.05) is 52.8 Å². The fourth-order valence-corrected chi connectivity index (χ4v) is 1.39. The van der Waals surface area contributed by atoms with Gasteiger partial charge in [-0.2, -0.15) is 0 Å². The molecular formula is C13H20O2. The highest BCUT2D eigenvalue weighted by molar-refractivity contribution is 5.44. The van der Waals surface area contributed by atoms with Crippen molar-refractivity contribution in [3.63, 3.8) is 0 Å². The van der Waals surface area contributed by atoms with Crippen LogP contribution < -0.4 is 9.47 Å². The maximum absolute atomic E-state index is 5.75. The van der Waals surface area contributed by atoms with Crippen LogP contribution >= 0.6 is 0 Å². The van der Waals surface area contributed by atoms with Crippen LogP contribution in [-0.2, 0) is 0 Å². The van der Waals surface area contributed by atoms with Crippen LogP contribution in [0.1, 0.15) is 33.3 Å². The molecule has 84 valence electrons. The Morgan fingerprint density at radius 2 is 1.80 bits per heavy atom. The van der Waals surface area contributed by atoms with Crippen LogP contribution in [0.3, 0.4) is 0 Å². The molecule has 0 aromatic heterocycles. The van der Waals surface area contributed by atoms with Gasteiger partial charge in [0, 0.05) is 0 Å². The molecule has 1 heterocycles. The van der Waals surface area contributed by atoms with Crippen LogP contribution in [0.25, 0.3) is 0 Å². The lowest BCUT2D eigenvalue weighted by molar-refractivity contribution is 0.0213. The summed E-state index contributed by atoms with van der Waals surface area (Å²) in [5.74, 6) is 1.71. The fraction of sp³-hybridized carbons (Fsp3) is 0.538. The van der Waals surface area contributed by atoms with Gasteiger partial charge >= 0.3 is 0 Å². The summed E-state index contributed by atoms with van der Waals surface area (Å²) in [6.45, 7) is 10.7. The molecule has 15 heavy (non-hydrogen) atoms. The third-order valence-electron chi connectivity index (χ3n) is 2.06. The van der Waals surface area contributed by atoms with Gasteiger partial charge in [-0.3, -0.25) is 0 Å². The van der Waals surface area contributed by atoms with Crippen LogP contribution in [0.2, 0.25) is 0 Å². The van der Waals surface area contributed by atoms with Gasteiger partial charge < -0.3 is 9.47 Å². The molecule has 0 fully saturated rings. The van der Waals surface area contributed by atoms with Gasteiger partial charge in [-0.1, -0.05) is 19.9 Å². The van der Waals surface area contributed by atoms with E-state index in [-0.39, 0.29) is 5.60 Å². The summed E-state index contributed by atoms with van der Waals surface area (Å²) < 4.78 is 11.3. The molecule has 0 atom stereocenters. The zero-order valence-electron chi connectivity index (χ0n) is 10.3. The van der Waals surface area contributed by atoms with E-state index < -0.39 is 0 Å². The minimum atomic E-state index is -0.206. The number of hydrogen-bond acceptors (Lipinski definition) is 2. The molecule has 0 aliphatic carbocycles. The molecule has 1 aromatic rings. The van der Waals surface area contributed by atoms with Crippen molar-refractivity contribution in [2.24, 2.45) is 0 Å². The van der Waals surface area contributed by atoms with E-state index in [9.17, 15) is 0 Å². The van der Waals surface area contributed by atoms with Crippen molar-refractivity contribution < 1.29 is 9.47 Å². The molecule has 0 radical (unpaired) electrons. The first-order valence-corrected chi connectivity index (χ1v) is 5.49. The highest BCUT2D eigenvalue weighted by atomic mass is 16.6. The van der Waals surface area contributed by atoms with Crippen molar-refractivity contribution in [2.75, 3.05) is 6.61 Å². The van der Waals surface area contributed by atoms with Crippen molar-refractivity contribution in [3.8, 4) is 11.5 Å². The van der Waals surface area contributed by atoms with Crippen LogP contribution in [-0.4, -0.2) is 12.2 Å². The van der Waals surface area contributed by atoms with Gasteiger partial charge in [-0.25, -0.2) is 0 Å². The van der Waals surface area contributed by atoms with E-state index >= 15 is 0 Å². The van der Waals surface area contributed by atoms with E-state index in [2.05, 4.69) is 0 Å². The molecule has 2 rings (SSSR count). The molecule has 0 bridgehead atoms. The topological polar surface area (TPSA) is 18.5 Å². The van der Waals surface area contributed by atoms with Crippen molar-refractivity contribution in [1.82, 2.24) is 0 Å². The highest BCUT2D eigenvalue weighted by Gasteiger charge is 2.27. The summed E-state index contributed by atoms with van der Waals surface area (Å²) >= 11 is 0. The number of benzene rings is 1. The summed E-state index contributed by atoms with van der Waals surface area (Å²) in [6, 6.07) is 6.00. The van der Waals surface area contributed by atoms with Crippen LogP contribution in [0.4, 0.5) is 0 Å². The first-order chi connectivity index (χ1) is 7.07. The third kappa shape index (κ3) is 2.88. The average molecular weight is 208 g/mol. The van der Waals surface area contributed by atoms with Gasteiger partial charge in [0.1, 0.15) is 12.2 Å². The average Bonchev–Trinajstić information content (AvgIpc) is 2.21. The van der Waals surface area contributed by atoms with Crippen molar-refractivity contribution in [3.05, 3.63) is 23.8 Å². The lowest BCUT2D eigenvalue weighted by Crippen LogP contribution is -2.38. The second-order valence-corrected chi connectivity index (χ2v) is 4.10. The third-order valence-corrected chi connectivity index (χ3v) is 2.06. The zero-order valence-corrected chi connectivity index (χ0v) is 10.3. The normalized spacial score (nSPS) is 16.3. The number of ether oxygens (including phenoxy) is 2. The predicted molar refractivity (Wildman–Crippen MR) is 62.7 cm³/mol. The lowest BCUT2D eigenvalue weighted by Gasteiger charge is -2.32. The molecule has 0 saturated heterocycles. The Labute approximate surface area is 92.2 Å². The quantitative estimate of drug-likeness (QED) is 0.649. The second-order valence-electron chi connectivity index (χ2n) is 4.10. The largest absolute Gasteiger partial charge is 0.486 e. The Hall–Kier alpha value is -1.18. The van der Waals surface area contributed by atoms with E-state index in [1.54, 1.807) is 0 Å². The van der Waals surface area contributed by atoms with Crippen LogP contribution in [0.5, 0.6) is 11.5 Å². The molecule has 0 spiro atoms. The van der Waals surface area contributed by atoms with Gasteiger partial charge in [0.15, 0.2) is 11.5 Å². The van der Waals surface area contributed by atoms with E-state index in [0.29, 0.717) is 6.61 Å². The Bertz CT molecular complexity index is 329. The number of fused-ring (bicyclic) bond motifs is 1. The second kappa shape index (κ2) is 4.56. The van der Waals surface area contributed by atoms with Crippen LogP contribution in [0.15, 0.2) is 18.2 Å². The first kappa shape index (κ1) is 11.9. The summed E-state index contributed by atoms with van der Waals surface area (Å²) in [6.07, 6.45) is 0. The molecule has 0 unspecified atom stereocenters. The van der Waals surface area contributed by atoms with Gasteiger partial charge in [0.05, 0.1) is 0 Å². The Morgan fingerprint density at radius 1 is 1.13 bits per heavy atom. The van der Waals surface area contributed by atoms with Crippen molar-refractivity contribution in [1.29, 1.82) is 0 Å². The smallest absolute Gasteiger partial charge is 0.162 e. The Kier molecular flexibility index (Phi) is 3.61. The molecule has 0 N–H and O–H groups in total. The zero-order chi connectivity index (χ0) is 11.5. The van der Waals surface area contributed by atoms with Gasteiger partial charge in [0.2, 0.25) is 0 Å². The van der Waals surface area contributed by atoms with Crippen molar-refractivity contribution in [2.45, 2.75) is 40.2 Å². The summed E-state index contributed by atoms with van der Waals surface area (Å²) in [5, 5.41) is 0. The minimum absolute atomic E-state index is 0.206. The SMILES string of the molecule is CC.Cc1ccc2c(c1)OCC(C)(C)O2. The summed E-state index contributed by atoms with van der Waals surface area (Å²) in [7, 11) is 0. The maximum atomic E-state index is 5.75. The van der Waals surface area contributed by atoms with E-state index in [0.717, 1.165) is 11.5 Å². The number of aryl methyl sites for hydroxylation is 1. The highest BCUT2D eigenvalue weighted by Crippen LogP contribution is 2.35. The van der Waals surface area contributed by atoms with Crippen molar-refractivity contribution >= 4 is 0 Å². The molecule has 0 saturated carbocycles. The minimum Gasteiger partial charge on any atom is -0.486 e. The standard InChI is InChI=1S/C11H14O2.C2H6/c1-8-4-5-9-10(6-8)12-7-11(2,3)13-9;1-2/h4-6H,7H2,1-3H3;1-2H3.